The van der Waals surface area contributed by atoms with Crippen molar-refractivity contribution in [2.45, 2.75) is 12.7 Å². The number of aryl methyl sites for hydroxylation is 1. The summed E-state index contributed by atoms with van der Waals surface area (Å²) < 4.78 is 32.0. The van der Waals surface area contributed by atoms with E-state index in [1.54, 1.807) is 12.1 Å². The number of hydrogen-bond acceptors (Lipinski definition) is 3. The van der Waals surface area contributed by atoms with Gasteiger partial charge in [-0.15, -0.1) is 0 Å². The summed E-state index contributed by atoms with van der Waals surface area (Å²) in [6.45, 7) is 2.41. The summed E-state index contributed by atoms with van der Waals surface area (Å²) in [5, 5.41) is 0.800. The van der Waals surface area contributed by atoms with E-state index in [1.165, 1.54) is 6.07 Å². The standard InChI is InChI=1S/C16H17Cl2NO3S/c1-12-2-6-15(7-3-12)22-9-8-19-23(20,21)11-13-4-5-14(17)10-16(13)18/h2-7,10,19H,8-9,11H2,1H3. The first-order valence-electron chi connectivity index (χ1n) is 6.96. The second kappa shape index (κ2) is 8.02. The van der Waals surface area contributed by atoms with Crippen LogP contribution in [0.5, 0.6) is 5.75 Å². The van der Waals surface area contributed by atoms with E-state index < -0.39 is 10.0 Å². The van der Waals surface area contributed by atoms with Gasteiger partial charge in [0.15, 0.2) is 0 Å². The first kappa shape index (κ1) is 18.1. The van der Waals surface area contributed by atoms with Crippen molar-refractivity contribution in [3.63, 3.8) is 0 Å². The molecule has 0 saturated heterocycles. The molecule has 0 aliphatic rings. The molecular weight excluding hydrogens is 357 g/mol. The Kier molecular flexibility index (Phi) is 6.30. The zero-order valence-corrected chi connectivity index (χ0v) is 14.9. The summed E-state index contributed by atoms with van der Waals surface area (Å²) in [6.07, 6.45) is 0. The summed E-state index contributed by atoms with van der Waals surface area (Å²) in [7, 11) is -3.49. The van der Waals surface area contributed by atoms with Crippen LogP contribution in [0.4, 0.5) is 0 Å². The third kappa shape index (κ3) is 6.03. The smallest absolute Gasteiger partial charge is 0.215 e. The van der Waals surface area contributed by atoms with Gasteiger partial charge in [0, 0.05) is 16.6 Å². The fraction of sp³-hybridized carbons (Fsp3) is 0.250. The first-order valence-corrected chi connectivity index (χ1v) is 9.37. The van der Waals surface area contributed by atoms with E-state index in [1.807, 2.05) is 31.2 Å². The first-order chi connectivity index (χ1) is 10.9. The third-order valence-corrected chi connectivity index (χ3v) is 5.00. The molecule has 124 valence electrons. The van der Waals surface area contributed by atoms with E-state index in [4.69, 9.17) is 27.9 Å². The largest absolute Gasteiger partial charge is 0.492 e. The van der Waals surface area contributed by atoms with Crippen molar-refractivity contribution >= 4 is 33.2 Å². The highest BCUT2D eigenvalue weighted by Crippen LogP contribution is 2.22. The van der Waals surface area contributed by atoms with Gasteiger partial charge in [-0.3, -0.25) is 0 Å². The molecule has 0 aliphatic carbocycles. The van der Waals surface area contributed by atoms with E-state index in [-0.39, 0.29) is 18.9 Å². The van der Waals surface area contributed by atoms with Crippen molar-refractivity contribution in [1.29, 1.82) is 0 Å². The highest BCUT2D eigenvalue weighted by molar-refractivity contribution is 7.88. The maximum absolute atomic E-state index is 12.0. The average molecular weight is 374 g/mol. The topological polar surface area (TPSA) is 55.4 Å². The van der Waals surface area contributed by atoms with Gasteiger partial charge in [-0.05, 0) is 36.8 Å². The van der Waals surface area contributed by atoms with Gasteiger partial charge in [-0.25, -0.2) is 13.1 Å². The number of benzene rings is 2. The van der Waals surface area contributed by atoms with Crippen molar-refractivity contribution in [2.75, 3.05) is 13.2 Å². The fourth-order valence-electron chi connectivity index (χ4n) is 1.90. The summed E-state index contributed by atoms with van der Waals surface area (Å²) in [5.41, 5.74) is 1.64. The Morgan fingerprint density at radius 1 is 1.09 bits per heavy atom. The van der Waals surface area contributed by atoms with Gasteiger partial charge in [-0.1, -0.05) is 47.0 Å². The maximum Gasteiger partial charge on any atom is 0.215 e. The number of hydrogen-bond donors (Lipinski definition) is 1. The minimum Gasteiger partial charge on any atom is -0.492 e. The molecule has 0 radical (unpaired) electrons. The van der Waals surface area contributed by atoms with Gasteiger partial charge in [0.05, 0.1) is 5.75 Å². The van der Waals surface area contributed by atoms with E-state index in [0.29, 0.717) is 21.4 Å². The van der Waals surface area contributed by atoms with Crippen LogP contribution in [0.3, 0.4) is 0 Å². The number of rotatable bonds is 7. The molecule has 0 amide bonds. The normalized spacial score (nSPS) is 11.4. The Morgan fingerprint density at radius 3 is 2.43 bits per heavy atom. The van der Waals surface area contributed by atoms with Crippen molar-refractivity contribution in [2.24, 2.45) is 0 Å². The van der Waals surface area contributed by atoms with E-state index in [9.17, 15) is 8.42 Å². The second-order valence-corrected chi connectivity index (χ2v) is 7.70. The van der Waals surface area contributed by atoms with Crippen LogP contribution in [0, 0.1) is 6.92 Å². The molecule has 23 heavy (non-hydrogen) atoms. The Labute approximate surface area is 146 Å². The molecule has 0 aliphatic heterocycles. The SMILES string of the molecule is Cc1ccc(OCCNS(=O)(=O)Cc2ccc(Cl)cc2Cl)cc1. The van der Waals surface area contributed by atoms with Crippen LogP contribution in [-0.4, -0.2) is 21.6 Å². The van der Waals surface area contributed by atoms with E-state index in [2.05, 4.69) is 4.72 Å². The molecule has 0 heterocycles. The lowest BCUT2D eigenvalue weighted by Crippen LogP contribution is -2.29. The van der Waals surface area contributed by atoms with E-state index in [0.717, 1.165) is 5.56 Å². The lowest BCUT2D eigenvalue weighted by atomic mass is 10.2. The van der Waals surface area contributed by atoms with Crippen LogP contribution in [0.15, 0.2) is 42.5 Å². The molecule has 4 nitrogen and oxygen atoms in total. The Bertz CT molecular complexity index is 761. The van der Waals surface area contributed by atoms with Crippen LogP contribution in [0.25, 0.3) is 0 Å². The third-order valence-electron chi connectivity index (χ3n) is 3.07. The molecule has 2 rings (SSSR count). The molecule has 1 N–H and O–H groups in total. The summed E-state index contributed by atoms with van der Waals surface area (Å²) in [5.74, 6) is 0.503. The number of sulfonamides is 1. The maximum atomic E-state index is 12.0. The zero-order chi connectivity index (χ0) is 16.9. The van der Waals surface area contributed by atoms with Crippen molar-refractivity contribution < 1.29 is 13.2 Å². The van der Waals surface area contributed by atoms with Crippen LogP contribution >= 0.6 is 23.2 Å². The molecule has 7 heteroatoms. The van der Waals surface area contributed by atoms with Crippen molar-refractivity contribution in [3.8, 4) is 5.75 Å². The molecule has 0 fully saturated rings. The highest BCUT2D eigenvalue weighted by Gasteiger charge is 2.13. The summed E-state index contributed by atoms with van der Waals surface area (Å²) in [4.78, 5) is 0. The molecular formula is C16H17Cl2NO3S. The van der Waals surface area contributed by atoms with Gasteiger partial charge in [0.25, 0.3) is 0 Å². The predicted molar refractivity (Wildman–Crippen MR) is 93.8 cm³/mol. The van der Waals surface area contributed by atoms with Crippen LogP contribution in [-0.2, 0) is 15.8 Å². The molecule has 0 bridgehead atoms. The average Bonchev–Trinajstić information content (AvgIpc) is 2.48. The number of nitrogens with one attached hydrogen (secondary N) is 1. The molecule has 0 aromatic heterocycles. The van der Waals surface area contributed by atoms with Gasteiger partial charge in [0.1, 0.15) is 12.4 Å². The predicted octanol–water partition coefficient (Wildman–Crippen LogP) is 3.80. The van der Waals surface area contributed by atoms with Crippen LogP contribution in [0.2, 0.25) is 10.0 Å². The van der Waals surface area contributed by atoms with Crippen LogP contribution < -0.4 is 9.46 Å². The summed E-state index contributed by atoms with van der Waals surface area (Å²) >= 11 is 11.8. The molecule has 0 unspecified atom stereocenters. The minimum absolute atomic E-state index is 0.182. The molecule has 0 atom stereocenters. The Hall–Kier alpha value is -1.27. The molecule has 0 spiro atoms. The summed E-state index contributed by atoms with van der Waals surface area (Å²) in [6, 6.07) is 12.3. The van der Waals surface area contributed by atoms with E-state index >= 15 is 0 Å². The van der Waals surface area contributed by atoms with Gasteiger partial charge < -0.3 is 4.74 Å². The number of halogens is 2. The lowest BCUT2D eigenvalue weighted by Gasteiger charge is -2.10. The Morgan fingerprint density at radius 2 is 1.78 bits per heavy atom. The lowest BCUT2D eigenvalue weighted by molar-refractivity contribution is 0.323. The van der Waals surface area contributed by atoms with Gasteiger partial charge in [0.2, 0.25) is 10.0 Å². The highest BCUT2D eigenvalue weighted by atomic mass is 35.5. The van der Waals surface area contributed by atoms with Gasteiger partial charge in [-0.2, -0.15) is 0 Å². The zero-order valence-electron chi connectivity index (χ0n) is 12.6. The van der Waals surface area contributed by atoms with Crippen molar-refractivity contribution in [3.05, 3.63) is 63.6 Å². The number of ether oxygens (including phenoxy) is 1. The quantitative estimate of drug-likeness (QED) is 0.750. The minimum atomic E-state index is -3.49. The Balaban J connectivity index is 1.83. The van der Waals surface area contributed by atoms with Crippen LogP contribution in [0.1, 0.15) is 11.1 Å². The monoisotopic (exact) mass is 373 g/mol. The molecule has 2 aromatic carbocycles. The fourth-order valence-corrected chi connectivity index (χ4v) is 3.61. The molecule has 0 saturated carbocycles. The second-order valence-electron chi connectivity index (χ2n) is 5.05. The van der Waals surface area contributed by atoms with Gasteiger partial charge >= 0.3 is 0 Å². The molecule has 2 aromatic rings. The van der Waals surface area contributed by atoms with Crippen molar-refractivity contribution in [1.82, 2.24) is 4.72 Å².